The third-order valence-electron chi connectivity index (χ3n) is 6.34. The van der Waals surface area contributed by atoms with Gasteiger partial charge in [-0.25, -0.2) is 0 Å². The largest absolute Gasteiger partial charge is 0.492 e. The van der Waals surface area contributed by atoms with E-state index in [9.17, 15) is 9.59 Å². The van der Waals surface area contributed by atoms with Crippen molar-refractivity contribution >= 4 is 5.91 Å². The van der Waals surface area contributed by atoms with Gasteiger partial charge in [0.15, 0.2) is 0 Å². The van der Waals surface area contributed by atoms with Gasteiger partial charge < -0.3 is 19.4 Å². The summed E-state index contributed by atoms with van der Waals surface area (Å²) in [5.74, 6) is 0.379. The molecule has 1 amide bonds. The Kier molecular flexibility index (Phi) is 8.70. The Bertz CT molecular complexity index is 1160. The van der Waals surface area contributed by atoms with Crippen molar-refractivity contribution in [3.63, 3.8) is 0 Å². The summed E-state index contributed by atoms with van der Waals surface area (Å²) in [5, 5.41) is 2.86. The van der Waals surface area contributed by atoms with E-state index in [1.54, 1.807) is 22.9 Å². The van der Waals surface area contributed by atoms with Crippen LogP contribution in [0.15, 0.2) is 77.7 Å². The molecule has 1 aliphatic heterocycles. The minimum atomic E-state index is -0.387. The molecule has 35 heavy (non-hydrogen) atoms. The molecule has 0 atom stereocenters. The first-order valence-corrected chi connectivity index (χ1v) is 12.1. The smallest absolute Gasteiger partial charge is 0.263 e. The SMILES string of the molecule is CN(CCOc1cccc(CNC(=O)c2cccn(Cc3ccccc3)c2=O)c1)C1CCOCC1. The quantitative estimate of drug-likeness (QED) is 0.487. The highest BCUT2D eigenvalue weighted by atomic mass is 16.5. The molecule has 0 spiro atoms. The van der Waals surface area contributed by atoms with Gasteiger partial charge in [0.1, 0.15) is 17.9 Å². The molecule has 7 heteroatoms. The summed E-state index contributed by atoms with van der Waals surface area (Å²) in [6, 6.07) is 21.2. The molecule has 0 radical (unpaired) electrons. The zero-order valence-corrected chi connectivity index (χ0v) is 20.2. The van der Waals surface area contributed by atoms with E-state index >= 15 is 0 Å². The molecule has 0 unspecified atom stereocenters. The maximum Gasteiger partial charge on any atom is 0.263 e. The first-order chi connectivity index (χ1) is 17.1. The molecule has 184 valence electrons. The maximum atomic E-state index is 12.8. The first-order valence-electron chi connectivity index (χ1n) is 12.1. The molecule has 1 N–H and O–H groups in total. The number of likely N-dealkylation sites (N-methyl/N-ethyl adjacent to an activating group) is 1. The summed E-state index contributed by atoms with van der Waals surface area (Å²) in [6.45, 7) is 3.82. The summed E-state index contributed by atoms with van der Waals surface area (Å²) in [4.78, 5) is 27.9. The Morgan fingerprint density at radius 1 is 1.06 bits per heavy atom. The van der Waals surface area contributed by atoms with E-state index in [0.717, 1.165) is 49.5 Å². The second-order valence-corrected chi connectivity index (χ2v) is 8.84. The van der Waals surface area contributed by atoms with Crippen LogP contribution in [0.1, 0.15) is 34.3 Å². The van der Waals surface area contributed by atoms with E-state index in [1.165, 1.54) is 0 Å². The van der Waals surface area contributed by atoms with Gasteiger partial charge in [0.25, 0.3) is 11.5 Å². The van der Waals surface area contributed by atoms with Crippen LogP contribution in [-0.2, 0) is 17.8 Å². The van der Waals surface area contributed by atoms with Crippen molar-refractivity contribution in [1.29, 1.82) is 0 Å². The first kappa shape index (κ1) is 24.7. The number of carbonyl (C=O) groups excluding carboxylic acids is 1. The Morgan fingerprint density at radius 2 is 1.83 bits per heavy atom. The van der Waals surface area contributed by atoms with E-state index < -0.39 is 0 Å². The molecular weight excluding hydrogens is 442 g/mol. The van der Waals surface area contributed by atoms with Gasteiger partial charge in [-0.15, -0.1) is 0 Å². The number of ether oxygens (including phenoxy) is 2. The average molecular weight is 476 g/mol. The second kappa shape index (κ2) is 12.3. The number of hydrogen-bond acceptors (Lipinski definition) is 5. The van der Waals surface area contributed by atoms with Crippen molar-refractivity contribution in [1.82, 2.24) is 14.8 Å². The Balaban J connectivity index is 1.29. The van der Waals surface area contributed by atoms with E-state index in [1.807, 2.05) is 54.6 Å². The predicted octanol–water partition coefficient (Wildman–Crippen LogP) is 3.32. The lowest BCUT2D eigenvalue weighted by Gasteiger charge is -2.31. The fraction of sp³-hybridized carbons (Fsp3) is 0.357. The molecule has 1 saturated heterocycles. The van der Waals surface area contributed by atoms with Crippen LogP contribution in [-0.4, -0.2) is 54.8 Å². The zero-order chi connectivity index (χ0) is 24.5. The van der Waals surface area contributed by atoms with Gasteiger partial charge in [0.05, 0.1) is 6.54 Å². The van der Waals surface area contributed by atoms with Gasteiger partial charge in [-0.1, -0.05) is 42.5 Å². The molecule has 2 aromatic carbocycles. The molecule has 2 heterocycles. The molecule has 0 aliphatic carbocycles. The van der Waals surface area contributed by atoms with Crippen LogP contribution in [0.4, 0.5) is 0 Å². The summed E-state index contributed by atoms with van der Waals surface area (Å²) in [7, 11) is 2.13. The van der Waals surface area contributed by atoms with Crippen LogP contribution in [0.3, 0.4) is 0 Å². The fourth-order valence-corrected chi connectivity index (χ4v) is 4.25. The second-order valence-electron chi connectivity index (χ2n) is 8.84. The normalized spacial score (nSPS) is 14.1. The van der Waals surface area contributed by atoms with Crippen molar-refractivity contribution in [2.24, 2.45) is 0 Å². The average Bonchev–Trinajstić information content (AvgIpc) is 2.90. The molecule has 0 bridgehead atoms. The number of carbonyl (C=O) groups is 1. The van der Waals surface area contributed by atoms with E-state index in [0.29, 0.717) is 25.7 Å². The maximum absolute atomic E-state index is 12.8. The number of nitrogens with one attached hydrogen (secondary N) is 1. The lowest BCUT2D eigenvalue weighted by molar-refractivity contribution is 0.0392. The van der Waals surface area contributed by atoms with E-state index in [4.69, 9.17) is 9.47 Å². The highest BCUT2D eigenvalue weighted by Gasteiger charge is 2.18. The van der Waals surface area contributed by atoms with Gasteiger partial charge in [0, 0.05) is 38.5 Å². The number of hydrogen-bond donors (Lipinski definition) is 1. The fourth-order valence-electron chi connectivity index (χ4n) is 4.25. The molecule has 1 aliphatic rings. The molecule has 3 aromatic rings. The van der Waals surface area contributed by atoms with Crippen LogP contribution < -0.4 is 15.6 Å². The summed E-state index contributed by atoms with van der Waals surface area (Å²) in [5.41, 5.74) is 1.74. The molecule has 7 nitrogen and oxygen atoms in total. The number of amides is 1. The summed E-state index contributed by atoms with van der Waals surface area (Å²) < 4.78 is 12.9. The van der Waals surface area contributed by atoms with Crippen molar-refractivity contribution in [2.75, 3.05) is 33.4 Å². The molecule has 1 aromatic heterocycles. The molecule has 4 rings (SSSR count). The van der Waals surface area contributed by atoms with Gasteiger partial charge >= 0.3 is 0 Å². The number of nitrogens with zero attached hydrogens (tertiary/aromatic N) is 2. The molecule has 1 fully saturated rings. The monoisotopic (exact) mass is 475 g/mol. The number of rotatable bonds is 10. The predicted molar refractivity (Wildman–Crippen MR) is 136 cm³/mol. The third-order valence-corrected chi connectivity index (χ3v) is 6.34. The lowest BCUT2D eigenvalue weighted by Crippen LogP contribution is -2.38. The standard InChI is InChI=1S/C28H33N3O4/c1-30(24-12-16-34-17-13-24)15-18-35-25-10-5-9-23(19-25)20-29-27(32)26-11-6-14-31(28(26)33)21-22-7-3-2-4-8-22/h2-11,14,19,24H,12-13,15-18,20-21H2,1H3,(H,29,32). The van der Waals surface area contributed by atoms with Crippen LogP contribution in [0.25, 0.3) is 0 Å². The van der Waals surface area contributed by atoms with Gasteiger partial charge in [0.2, 0.25) is 0 Å². The number of aromatic nitrogens is 1. The number of benzene rings is 2. The van der Waals surface area contributed by atoms with E-state index in [-0.39, 0.29) is 17.0 Å². The van der Waals surface area contributed by atoms with Crippen LogP contribution in [0.2, 0.25) is 0 Å². The topological polar surface area (TPSA) is 72.8 Å². The van der Waals surface area contributed by atoms with Crippen molar-refractivity contribution in [3.05, 3.63) is 100.0 Å². The summed E-state index contributed by atoms with van der Waals surface area (Å²) in [6.07, 6.45) is 3.82. The molecular formula is C28H33N3O4. The highest BCUT2D eigenvalue weighted by Crippen LogP contribution is 2.15. The van der Waals surface area contributed by atoms with Gasteiger partial charge in [-0.2, -0.15) is 0 Å². The highest BCUT2D eigenvalue weighted by molar-refractivity contribution is 5.93. The van der Waals surface area contributed by atoms with Crippen molar-refractivity contribution < 1.29 is 14.3 Å². The van der Waals surface area contributed by atoms with Gasteiger partial charge in [-0.3, -0.25) is 14.5 Å². The Hall–Kier alpha value is -3.42. The van der Waals surface area contributed by atoms with Crippen molar-refractivity contribution in [2.45, 2.75) is 32.0 Å². The molecule has 0 saturated carbocycles. The summed E-state index contributed by atoms with van der Waals surface area (Å²) >= 11 is 0. The van der Waals surface area contributed by atoms with Crippen LogP contribution in [0.5, 0.6) is 5.75 Å². The van der Waals surface area contributed by atoms with Crippen molar-refractivity contribution in [3.8, 4) is 5.75 Å². The van der Waals surface area contributed by atoms with Gasteiger partial charge in [-0.05, 0) is 55.3 Å². The minimum Gasteiger partial charge on any atom is -0.492 e. The number of pyridine rings is 1. The Labute approximate surface area is 206 Å². The van der Waals surface area contributed by atoms with Crippen LogP contribution in [0, 0.1) is 0 Å². The lowest BCUT2D eigenvalue weighted by atomic mass is 10.1. The Morgan fingerprint density at radius 3 is 2.63 bits per heavy atom. The minimum absolute atomic E-state index is 0.131. The zero-order valence-electron chi connectivity index (χ0n) is 20.2. The third kappa shape index (κ3) is 7.04. The van der Waals surface area contributed by atoms with Crippen LogP contribution >= 0.6 is 0 Å². The van der Waals surface area contributed by atoms with E-state index in [2.05, 4.69) is 17.3 Å².